The first-order valence-corrected chi connectivity index (χ1v) is 8.72. The number of furan rings is 1. The Morgan fingerprint density at radius 1 is 1.12 bits per heavy atom. The van der Waals surface area contributed by atoms with Gasteiger partial charge in [-0.15, -0.1) is 11.3 Å². The van der Waals surface area contributed by atoms with Crippen molar-refractivity contribution in [1.82, 2.24) is 4.98 Å². The molecule has 3 aromatic rings. The minimum atomic E-state index is -0.193. The van der Waals surface area contributed by atoms with Gasteiger partial charge in [-0.05, 0) is 52.0 Å². The predicted octanol–water partition coefficient (Wildman–Crippen LogP) is 4.90. The van der Waals surface area contributed by atoms with Gasteiger partial charge in [0.2, 0.25) is 0 Å². The van der Waals surface area contributed by atoms with Crippen LogP contribution in [-0.2, 0) is 0 Å². The summed E-state index contributed by atoms with van der Waals surface area (Å²) >= 11 is 1.46. The van der Waals surface area contributed by atoms with Crippen molar-refractivity contribution in [3.8, 4) is 17.0 Å². The summed E-state index contributed by atoms with van der Waals surface area (Å²) in [7, 11) is 1.64. The lowest BCUT2D eigenvalue weighted by molar-refractivity contribution is 0.102. The summed E-state index contributed by atoms with van der Waals surface area (Å²) < 4.78 is 10.7. The molecule has 0 bridgehead atoms. The Balaban J connectivity index is 1.86. The van der Waals surface area contributed by atoms with Crippen molar-refractivity contribution in [1.29, 1.82) is 0 Å². The van der Waals surface area contributed by atoms with E-state index < -0.39 is 0 Å². The molecule has 0 fully saturated rings. The fourth-order valence-electron chi connectivity index (χ4n) is 2.75. The molecule has 25 heavy (non-hydrogen) atoms. The van der Waals surface area contributed by atoms with Crippen molar-refractivity contribution in [3.05, 3.63) is 51.8 Å². The monoisotopic (exact) mass is 356 g/mol. The number of ether oxygens (including phenoxy) is 1. The molecular weight excluding hydrogens is 336 g/mol. The summed E-state index contributed by atoms with van der Waals surface area (Å²) in [4.78, 5) is 18.2. The van der Waals surface area contributed by atoms with Crippen LogP contribution in [0.5, 0.6) is 5.75 Å². The summed E-state index contributed by atoms with van der Waals surface area (Å²) in [6.07, 6.45) is 0. The average Bonchev–Trinajstić information content (AvgIpc) is 3.06. The molecule has 0 aliphatic rings. The maximum absolute atomic E-state index is 12.6. The fraction of sp³-hybridized carbons (Fsp3) is 0.263. The molecule has 5 nitrogen and oxygen atoms in total. The molecule has 0 saturated heterocycles. The molecule has 0 spiro atoms. The summed E-state index contributed by atoms with van der Waals surface area (Å²) in [5, 5.41) is 3.47. The minimum Gasteiger partial charge on any atom is -0.497 e. The van der Waals surface area contributed by atoms with E-state index in [1.54, 1.807) is 14.0 Å². The van der Waals surface area contributed by atoms with Gasteiger partial charge < -0.3 is 9.15 Å². The van der Waals surface area contributed by atoms with Crippen LogP contribution in [-0.4, -0.2) is 18.0 Å². The van der Waals surface area contributed by atoms with E-state index in [9.17, 15) is 4.79 Å². The topological polar surface area (TPSA) is 64.4 Å². The van der Waals surface area contributed by atoms with Crippen molar-refractivity contribution in [2.45, 2.75) is 27.7 Å². The van der Waals surface area contributed by atoms with E-state index in [0.717, 1.165) is 33.2 Å². The Kier molecular flexibility index (Phi) is 4.63. The number of hydrogen-bond donors (Lipinski definition) is 1. The minimum absolute atomic E-state index is 0.193. The number of anilines is 1. The maximum atomic E-state index is 12.6. The number of thiazole rings is 1. The van der Waals surface area contributed by atoms with Gasteiger partial charge in [0.05, 0.1) is 18.4 Å². The van der Waals surface area contributed by atoms with Gasteiger partial charge in [0.1, 0.15) is 17.3 Å². The van der Waals surface area contributed by atoms with Crippen molar-refractivity contribution in [3.63, 3.8) is 0 Å². The van der Waals surface area contributed by atoms with Gasteiger partial charge in [-0.1, -0.05) is 0 Å². The summed E-state index contributed by atoms with van der Waals surface area (Å²) in [5.41, 5.74) is 3.29. The standard InChI is InChI=1S/C19H20N2O3S/c1-10-11(2)24-12(3)16(10)18(22)21-19-20-17(13(4)25-19)14-6-8-15(23-5)9-7-14/h6-9H,1-5H3,(H,20,21,22). The number of benzene rings is 1. The molecule has 6 heteroatoms. The Hall–Kier alpha value is -2.60. The molecule has 0 aliphatic carbocycles. The average molecular weight is 356 g/mol. The summed E-state index contributed by atoms with van der Waals surface area (Å²) in [6.45, 7) is 7.53. The number of rotatable bonds is 4. The zero-order valence-corrected chi connectivity index (χ0v) is 15.7. The highest BCUT2D eigenvalue weighted by Gasteiger charge is 2.20. The smallest absolute Gasteiger partial charge is 0.261 e. The van der Waals surface area contributed by atoms with Gasteiger partial charge in [-0.2, -0.15) is 0 Å². The fourth-order valence-corrected chi connectivity index (χ4v) is 3.58. The van der Waals surface area contributed by atoms with Gasteiger partial charge in [0.15, 0.2) is 5.13 Å². The Morgan fingerprint density at radius 3 is 2.36 bits per heavy atom. The van der Waals surface area contributed by atoms with E-state index in [1.165, 1.54) is 11.3 Å². The van der Waals surface area contributed by atoms with Crippen molar-refractivity contribution in [2.24, 2.45) is 0 Å². The third kappa shape index (κ3) is 3.30. The maximum Gasteiger partial charge on any atom is 0.261 e. The third-order valence-electron chi connectivity index (χ3n) is 4.17. The number of methoxy groups -OCH3 is 1. The van der Waals surface area contributed by atoms with Crippen LogP contribution in [0.3, 0.4) is 0 Å². The molecule has 1 aromatic carbocycles. The number of carbonyl (C=O) groups excluding carboxylic acids is 1. The van der Waals surface area contributed by atoms with Crippen molar-refractivity contribution < 1.29 is 13.9 Å². The quantitative estimate of drug-likeness (QED) is 0.722. The van der Waals surface area contributed by atoms with Crippen molar-refractivity contribution in [2.75, 3.05) is 12.4 Å². The molecular formula is C19H20N2O3S. The molecule has 0 aliphatic heterocycles. The van der Waals surface area contributed by atoms with Gasteiger partial charge in [-0.25, -0.2) is 4.98 Å². The van der Waals surface area contributed by atoms with Crippen LogP contribution in [0.15, 0.2) is 28.7 Å². The first-order valence-electron chi connectivity index (χ1n) is 7.90. The third-order valence-corrected chi connectivity index (χ3v) is 5.06. The normalized spacial score (nSPS) is 10.8. The first-order chi connectivity index (χ1) is 11.9. The van der Waals surface area contributed by atoms with E-state index in [4.69, 9.17) is 9.15 Å². The molecule has 0 radical (unpaired) electrons. The van der Waals surface area contributed by atoms with E-state index in [2.05, 4.69) is 10.3 Å². The SMILES string of the molecule is COc1ccc(-c2nc(NC(=O)c3c(C)oc(C)c3C)sc2C)cc1. The molecule has 0 unspecified atom stereocenters. The molecule has 2 heterocycles. The number of carbonyl (C=O) groups is 1. The van der Waals surface area contributed by atoms with E-state index in [0.29, 0.717) is 16.5 Å². The number of amides is 1. The van der Waals surface area contributed by atoms with Crippen LogP contribution >= 0.6 is 11.3 Å². The number of nitrogens with one attached hydrogen (secondary N) is 1. The van der Waals surface area contributed by atoms with E-state index in [1.807, 2.05) is 45.0 Å². The Labute approximate surface area is 150 Å². The summed E-state index contributed by atoms with van der Waals surface area (Å²) in [5.74, 6) is 1.99. The number of nitrogens with zero attached hydrogens (tertiary/aromatic N) is 1. The van der Waals surface area contributed by atoms with Crippen LogP contribution < -0.4 is 10.1 Å². The zero-order chi connectivity index (χ0) is 18.1. The highest BCUT2D eigenvalue weighted by molar-refractivity contribution is 7.16. The molecule has 1 amide bonds. The van der Waals surface area contributed by atoms with Crippen LogP contribution in [0.4, 0.5) is 5.13 Å². The first kappa shape index (κ1) is 17.2. The van der Waals surface area contributed by atoms with E-state index >= 15 is 0 Å². The molecule has 1 N–H and O–H groups in total. The number of hydrogen-bond acceptors (Lipinski definition) is 5. The number of aryl methyl sites for hydroxylation is 3. The Bertz CT molecular complexity index is 923. The van der Waals surface area contributed by atoms with Gasteiger partial charge >= 0.3 is 0 Å². The highest BCUT2D eigenvalue weighted by atomic mass is 32.1. The predicted molar refractivity (Wildman–Crippen MR) is 99.7 cm³/mol. The second kappa shape index (κ2) is 6.72. The van der Waals surface area contributed by atoms with Crippen LogP contribution in [0.2, 0.25) is 0 Å². The lowest BCUT2D eigenvalue weighted by atomic mass is 10.1. The van der Waals surface area contributed by atoms with Crippen LogP contribution in [0, 0.1) is 27.7 Å². The van der Waals surface area contributed by atoms with E-state index in [-0.39, 0.29) is 5.91 Å². The molecule has 3 rings (SSSR count). The van der Waals surface area contributed by atoms with Crippen molar-refractivity contribution >= 4 is 22.4 Å². The van der Waals surface area contributed by atoms with Gasteiger partial charge in [0, 0.05) is 16.0 Å². The lowest BCUT2D eigenvalue weighted by Gasteiger charge is -2.02. The van der Waals surface area contributed by atoms with Gasteiger partial charge in [0.25, 0.3) is 5.91 Å². The molecule has 2 aromatic heterocycles. The van der Waals surface area contributed by atoms with Crippen LogP contribution in [0.25, 0.3) is 11.3 Å². The second-order valence-corrected chi connectivity index (χ2v) is 7.02. The molecule has 130 valence electrons. The zero-order valence-electron chi connectivity index (χ0n) is 14.9. The lowest BCUT2D eigenvalue weighted by Crippen LogP contribution is -2.13. The van der Waals surface area contributed by atoms with Crippen LogP contribution in [0.1, 0.15) is 32.3 Å². The Morgan fingerprint density at radius 2 is 1.80 bits per heavy atom. The second-order valence-electron chi connectivity index (χ2n) is 5.82. The largest absolute Gasteiger partial charge is 0.497 e. The number of aromatic nitrogens is 1. The highest BCUT2D eigenvalue weighted by Crippen LogP contribution is 2.32. The molecule has 0 saturated carbocycles. The summed E-state index contributed by atoms with van der Waals surface area (Å²) in [6, 6.07) is 7.71. The molecule has 0 atom stereocenters. The van der Waals surface area contributed by atoms with Gasteiger partial charge in [-0.3, -0.25) is 10.1 Å².